The molecule has 0 aromatic carbocycles. The molecule has 1 atom stereocenters. The van der Waals surface area contributed by atoms with E-state index in [0.29, 0.717) is 45.9 Å². The number of hydrogen-bond acceptors (Lipinski definition) is 5. The number of amides is 1. The van der Waals surface area contributed by atoms with Gasteiger partial charge in [-0.1, -0.05) is 6.92 Å². The lowest BCUT2D eigenvalue weighted by Gasteiger charge is -2.41. The van der Waals surface area contributed by atoms with E-state index in [4.69, 9.17) is 4.74 Å². The lowest BCUT2D eigenvalue weighted by atomic mass is 10.1. The van der Waals surface area contributed by atoms with E-state index < -0.39 is 16.1 Å². The van der Waals surface area contributed by atoms with Crippen molar-refractivity contribution in [1.29, 1.82) is 0 Å². The summed E-state index contributed by atoms with van der Waals surface area (Å²) in [6.45, 7) is 6.50. The fourth-order valence-corrected chi connectivity index (χ4v) is 3.74. The van der Waals surface area contributed by atoms with Crippen LogP contribution in [0.1, 0.15) is 6.92 Å². The number of sulfonamides is 1. The van der Waals surface area contributed by atoms with Crippen molar-refractivity contribution >= 4 is 15.9 Å². The molecule has 0 spiro atoms. The van der Waals surface area contributed by atoms with Crippen molar-refractivity contribution in [3.05, 3.63) is 0 Å². The van der Waals surface area contributed by atoms with E-state index >= 15 is 0 Å². The second kappa shape index (κ2) is 6.38. The molecule has 116 valence electrons. The van der Waals surface area contributed by atoms with E-state index in [9.17, 15) is 13.2 Å². The molecule has 0 radical (unpaired) electrons. The maximum absolute atomic E-state index is 12.6. The Morgan fingerprint density at radius 1 is 1.20 bits per heavy atom. The highest BCUT2D eigenvalue weighted by molar-refractivity contribution is 7.88. The van der Waals surface area contributed by atoms with Gasteiger partial charge in [0.05, 0.1) is 19.5 Å². The molecule has 7 nitrogen and oxygen atoms in total. The third-order valence-electron chi connectivity index (χ3n) is 3.90. The van der Waals surface area contributed by atoms with Crippen LogP contribution in [0, 0.1) is 0 Å². The summed E-state index contributed by atoms with van der Waals surface area (Å²) in [5.41, 5.74) is 0. The van der Waals surface area contributed by atoms with E-state index in [1.807, 2.05) is 6.92 Å². The van der Waals surface area contributed by atoms with Crippen molar-refractivity contribution in [2.24, 2.45) is 0 Å². The molecule has 2 heterocycles. The SMILES string of the molecule is CCN1CCN(S(C)(=O)=O)C(C(=O)N2CCOCC2)C1. The van der Waals surface area contributed by atoms with E-state index in [1.54, 1.807) is 4.90 Å². The topological polar surface area (TPSA) is 70.2 Å². The van der Waals surface area contributed by atoms with Gasteiger partial charge in [0.15, 0.2) is 0 Å². The second-order valence-corrected chi connectivity index (χ2v) is 7.16. The van der Waals surface area contributed by atoms with Crippen LogP contribution < -0.4 is 0 Å². The number of morpholine rings is 1. The fourth-order valence-electron chi connectivity index (χ4n) is 2.70. The van der Waals surface area contributed by atoms with E-state index in [1.165, 1.54) is 10.6 Å². The minimum atomic E-state index is -3.36. The zero-order valence-corrected chi connectivity index (χ0v) is 12.9. The summed E-state index contributed by atoms with van der Waals surface area (Å²) in [5.74, 6) is -0.100. The molecule has 2 saturated heterocycles. The van der Waals surface area contributed by atoms with E-state index in [2.05, 4.69) is 4.90 Å². The number of nitrogens with zero attached hydrogens (tertiary/aromatic N) is 3. The quantitative estimate of drug-likeness (QED) is 0.656. The first-order valence-corrected chi connectivity index (χ1v) is 8.84. The van der Waals surface area contributed by atoms with E-state index in [0.717, 1.165) is 6.54 Å². The molecule has 2 fully saturated rings. The van der Waals surface area contributed by atoms with Crippen molar-refractivity contribution in [2.75, 3.05) is 58.7 Å². The minimum Gasteiger partial charge on any atom is -0.378 e. The van der Waals surface area contributed by atoms with Crippen molar-refractivity contribution in [3.63, 3.8) is 0 Å². The molecule has 0 bridgehead atoms. The molecule has 1 amide bonds. The number of carbonyl (C=O) groups is 1. The van der Waals surface area contributed by atoms with Crippen LogP contribution in [-0.2, 0) is 19.6 Å². The van der Waals surface area contributed by atoms with Crippen LogP contribution in [0.2, 0.25) is 0 Å². The Bertz CT molecular complexity index is 448. The molecular weight excluding hydrogens is 282 g/mol. The number of hydrogen-bond donors (Lipinski definition) is 0. The highest BCUT2D eigenvalue weighted by Crippen LogP contribution is 2.16. The molecule has 1 unspecified atom stereocenters. The predicted molar refractivity (Wildman–Crippen MR) is 74.9 cm³/mol. The van der Waals surface area contributed by atoms with Gasteiger partial charge in [-0.3, -0.25) is 4.79 Å². The van der Waals surface area contributed by atoms with Crippen molar-refractivity contribution in [2.45, 2.75) is 13.0 Å². The van der Waals surface area contributed by atoms with Gasteiger partial charge in [-0.15, -0.1) is 0 Å². The van der Waals surface area contributed by atoms with Gasteiger partial charge >= 0.3 is 0 Å². The minimum absolute atomic E-state index is 0.100. The Morgan fingerprint density at radius 2 is 1.85 bits per heavy atom. The van der Waals surface area contributed by atoms with Crippen LogP contribution in [0.25, 0.3) is 0 Å². The van der Waals surface area contributed by atoms with Crippen LogP contribution in [0.5, 0.6) is 0 Å². The number of ether oxygens (including phenoxy) is 1. The lowest BCUT2D eigenvalue weighted by Crippen LogP contribution is -2.61. The van der Waals surface area contributed by atoms with Crippen LogP contribution in [0.4, 0.5) is 0 Å². The predicted octanol–water partition coefficient (Wildman–Crippen LogP) is -1.19. The molecule has 20 heavy (non-hydrogen) atoms. The maximum atomic E-state index is 12.6. The summed E-state index contributed by atoms with van der Waals surface area (Å²) < 4.78 is 30.4. The monoisotopic (exact) mass is 305 g/mol. The molecule has 0 aliphatic carbocycles. The summed E-state index contributed by atoms with van der Waals surface area (Å²) in [5, 5.41) is 0. The number of rotatable bonds is 3. The zero-order chi connectivity index (χ0) is 14.8. The summed E-state index contributed by atoms with van der Waals surface area (Å²) in [4.78, 5) is 16.4. The molecular formula is C12H23N3O4S. The largest absolute Gasteiger partial charge is 0.378 e. The third-order valence-corrected chi connectivity index (χ3v) is 5.19. The normalized spacial score (nSPS) is 26.7. The average molecular weight is 305 g/mol. The first kappa shape index (κ1) is 15.7. The van der Waals surface area contributed by atoms with Gasteiger partial charge in [0.25, 0.3) is 0 Å². The highest BCUT2D eigenvalue weighted by Gasteiger charge is 2.39. The zero-order valence-electron chi connectivity index (χ0n) is 12.1. The summed E-state index contributed by atoms with van der Waals surface area (Å²) in [6, 6.07) is -0.600. The Kier molecular flexibility index (Phi) is 5.00. The summed E-state index contributed by atoms with van der Waals surface area (Å²) >= 11 is 0. The summed E-state index contributed by atoms with van der Waals surface area (Å²) in [6.07, 6.45) is 1.17. The second-order valence-electron chi connectivity index (χ2n) is 5.22. The number of piperazine rings is 1. The Labute approximate surface area is 120 Å². The summed E-state index contributed by atoms with van der Waals surface area (Å²) in [7, 11) is -3.36. The van der Waals surface area contributed by atoms with E-state index in [-0.39, 0.29) is 5.91 Å². The van der Waals surface area contributed by atoms with Gasteiger partial charge in [-0.25, -0.2) is 8.42 Å². The number of likely N-dealkylation sites (N-methyl/N-ethyl adjacent to an activating group) is 1. The van der Waals surface area contributed by atoms with Gasteiger partial charge in [0.2, 0.25) is 15.9 Å². The molecule has 0 N–H and O–H groups in total. The molecule has 2 rings (SSSR count). The van der Waals surface area contributed by atoms with Crippen LogP contribution in [0.15, 0.2) is 0 Å². The van der Waals surface area contributed by atoms with Gasteiger partial charge in [0, 0.05) is 32.7 Å². The van der Waals surface area contributed by atoms with Crippen LogP contribution in [-0.4, -0.2) is 93.2 Å². The Morgan fingerprint density at radius 3 is 2.40 bits per heavy atom. The van der Waals surface area contributed by atoms with Crippen LogP contribution in [0.3, 0.4) is 0 Å². The van der Waals surface area contributed by atoms with Crippen molar-refractivity contribution in [1.82, 2.24) is 14.1 Å². The molecule has 0 saturated carbocycles. The van der Waals surface area contributed by atoms with Crippen LogP contribution >= 0.6 is 0 Å². The van der Waals surface area contributed by atoms with Gasteiger partial charge in [-0.2, -0.15) is 4.31 Å². The molecule has 2 aliphatic rings. The lowest BCUT2D eigenvalue weighted by molar-refractivity contribution is -0.141. The first-order chi connectivity index (χ1) is 9.43. The number of carbonyl (C=O) groups excluding carboxylic acids is 1. The van der Waals surface area contributed by atoms with Gasteiger partial charge in [-0.05, 0) is 6.54 Å². The van der Waals surface area contributed by atoms with Crippen molar-refractivity contribution in [3.8, 4) is 0 Å². The molecule has 8 heteroatoms. The third kappa shape index (κ3) is 3.49. The molecule has 0 aromatic rings. The highest BCUT2D eigenvalue weighted by atomic mass is 32.2. The maximum Gasteiger partial charge on any atom is 0.242 e. The smallest absolute Gasteiger partial charge is 0.242 e. The standard InChI is InChI=1S/C12H23N3O4S/c1-3-13-4-5-15(20(2,17)18)11(10-13)12(16)14-6-8-19-9-7-14/h11H,3-10H2,1-2H3. The Hall–Kier alpha value is -0.700. The Balaban J connectivity index is 2.15. The van der Waals surface area contributed by atoms with Gasteiger partial charge < -0.3 is 14.5 Å². The average Bonchev–Trinajstić information content (AvgIpc) is 2.45. The molecule has 0 aromatic heterocycles. The van der Waals surface area contributed by atoms with Crippen molar-refractivity contribution < 1.29 is 17.9 Å². The van der Waals surface area contributed by atoms with Gasteiger partial charge in [0.1, 0.15) is 6.04 Å². The fraction of sp³-hybridized carbons (Fsp3) is 0.917. The molecule has 2 aliphatic heterocycles. The first-order valence-electron chi connectivity index (χ1n) is 6.99.